The lowest BCUT2D eigenvalue weighted by Crippen LogP contribution is -2.20. The lowest BCUT2D eigenvalue weighted by molar-refractivity contribution is 0.107. The highest BCUT2D eigenvalue weighted by Gasteiger charge is 2.10. The highest BCUT2D eigenvalue weighted by molar-refractivity contribution is 6.33. The van der Waals surface area contributed by atoms with E-state index in [1.807, 2.05) is 42.5 Å². The van der Waals surface area contributed by atoms with Gasteiger partial charge in [0.25, 0.3) is 0 Å². The standard InChI is InChI=1S/C14H15BO4/c16-15(17)19-14-8-6-13(7-9-14)11-18-10-12-4-2-1-3-5-12/h1-9,16-17H,10-11H2. The summed E-state index contributed by atoms with van der Waals surface area (Å²) in [6, 6.07) is 16.9. The molecule has 0 spiro atoms. The summed E-state index contributed by atoms with van der Waals surface area (Å²) >= 11 is 0. The third kappa shape index (κ3) is 4.75. The molecule has 0 amide bonds. The summed E-state index contributed by atoms with van der Waals surface area (Å²) in [4.78, 5) is 0. The van der Waals surface area contributed by atoms with Gasteiger partial charge in [-0.2, -0.15) is 0 Å². The smallest absolute Gasteiger partial charge is 0.512 e. The molecule has 2 aromatic rings. The van der Waals surface area contributed by atoms with Crippen molar-refractivity contribution in [1.29, 1.82) is 0 Å². The second-order valence-electron chi connectivity index (χ2n) is 4.07. The zero-order chi connectivity index (χ0) is 13.5. The Kier molecular flexibility index (Phi) is 4.97. The molecule has 2 N–H and O–H groups in total. The van der Waals surface area contributed by atoms with Crippen LogP contribution in [-0.2, 0) is 18.0 Å². The van der Waals surface area contributed by atoms with Crippen molar-refractivity contribution in [2.75, 3.05) is 0 Å². The molecular formula is C14H15BO4. The molecular weight excluding hydrogens is 243 g/mol. The zero-order valence-electron chi connectivity index (χ0n) is 10.4. The number of hydrogen-bond donors (Lipinski definition) is 2. The van der Waals surface area contributed by atoms with Crippen LogP contribution >= 0.6 is 0 Å². The summed E-state index contributed by atoms with van der Waals surface area (Å²) in [6.07, 6.45) is 0. The van der Waals surface area contributed by atoms with Crippen molar-refractivity contribution in [3.8, 4) is 5.75 Å². The molecule has 0 aliphatic carbocycles. The largest absolute Gasteiger partial charge is 0.707 e. The van der Waals surface area contributed by atoms with Crippen molar-refractivity contribution >= 4 is 7.32 Å². The van der Waals surface area contributed by atoms with Crippen LogP contribution in [0.2, 0.25) is 0 Å². The lowest BCUT2D eigenvalue weighted by Gasteiger charge is -2.07. The van der Waals surface area contributed by atoms with Crippen LogP contribution in [0, 0.1) is 0 Å². The fraction of sp³-hybridized carbons (Fsp3) is 0.143. The van der Waals surface area contributed by atoms with Crippen molar-refractivity contribution < 1.29 is 19.4 Å². The van der Waals surface area contributed by atoms with Crippen molar-refractivity contribution in [3.63, 3.8) is 0 Å². The van der Waals surface area contributed by atoms with Crippen LogP contribution in [-0.4, -0.2) is 17.4 Å². The van der Waals surface area contributed by atoms with E-state index in [1.54, 1.807) is 12.1 Å². The molecule has 0 fully saturated rings. The lowest BCUT2D eigenvalue weighted by atomic mass is 10.2. The van der Waals surface area contributed by atoms with Gasteiger partial charge in [-0.15, -0.1) is 0 Å². The van der Waals surface area contributed by atoms with Gasteiger partial charge < -0.3 is 19.4 Å². The third-order valence-electron chi connectivity index (χ3n) is 2.55. The van der Waals surface area contributed by atoms with E-state index in [4.69, 9.17) is 19.4 Å². The molecule has 0 aromatic heterocycles. The van der Waals surface area contributed by atoms with Crippen LogP contribution in [0.4, 0.5) is 0 Å². The van der Waals surface area contributed by atoms with E-state index in [0.29, 0.717) is 19.0 Å². The summed E-state index contributed by atoms with van der Waals surface area (Å²) in [5.41, 5.74) is 2.13. The SMILES string of the molecule is OB(O)Oc1ccc(COCc2ccccc2)cc1. The van der Waals surface area contributed by atoms with Gasteiger partial charge in [0.2, 0.25) is 0 Å². The number of rotatable bonds is 6. The minimum absolute atomic E-state index is 0.404. The zero-order valence-corrected chi connectivity index (χ0v) is 10.4. The molecule has 0 atom stereocenters. The molecule has 2 rings (SSSR count). The van der Waals surface area contributed by atoms with Crippen LogP contribution in [0.5, 0.6) is 5.75 Å². The monoisotopic (exact) mass is 258 g/mol. The molecule has 0 radical (unpaired) electrons. The van der Waals surface area contributed by atoms with Gasteiger partial charge >= 0.3 is 7.32 Å². The minimum Gasteiger partial charge on any atom is -0.512 e. The van der Waals surface area contributed by atoms with Gasteiger partial charge in [-0.3, -0.25) is 0 Å². The average molecular weight is 258 g/mol. The van der Waals surface area contributed by atoms with Gasteiger partial charge in [0.15, 0.2) is 0 Å². The first-order valence-electron chi connectivity index (χ1n) is 5.97. The number of ether oxygens (including phenoxy) is 1. The van der Waals surface area contributed by atoms with Gasteiger partial charge in [-0.05, 0) is 23.3 Å². The summed E-state index contributed by atoms with van der Waals surface area (Å²) in [5, 5.41) is 17.3. The Bertz CT molecular complexity index is 485. The fourth-order valence-electron chi connectivity index (χ4n) is 1.65. The van der Waals surface area contributed by atoms with Gasteiger partial charge in [-0.25, -0.2) is 0 Å². The van der Waals surface area contributed by atoms with Gasteiger partial charge in [0, 0.05) is 0 Å². The third-order valence-corrected chi connectivity index (χ3v) is 2.55. The van der Waals surface area contributed by atoms with E-state index in [9.17, 15) is 0 Å². The first-order valence-corrected chi connectivity index (χ1v) is 5.97. The highest BCUT2D eigenvalue weighted by Crippen LogP contribution is 2.13. The molecule has 98 valence electrons. The van der Waals surface area contributed by atoms with Crippen molar-refractivity contribution in [3.05, 3.63) is 65.7 Å². The minimum atomic E-state index is -1.79. The van der Waals surface area contributed by atoms with E-state index in [2.05, 4.69) is 0 Å². The molecule has 5 heteroatoms. The second kappa shape index (κ2) is 6.94. The predicted octanol–water partition coefficient (Wildman–Crippen LogP) is 1.75. The molecule has 0 bridgehead atoms. The van der Waals surface area contributed by atoms with Crippen LogP contribution in [0.1, 0.15) is 11.1 Å². The van der Waals surface area contributed by atoms with Crippen LogP contribution in [0.3, 0.4) is 0 Å². The Hall–Kier alpha value is -1.82. The Balaban J connectivity index is 1.80. The number of benzene rings is 2. The Labute approximate surface area is 112 Å². The Morgan fingerprint density at radius 2 is 1.37 bits per heavy atom. The van der Waals surface area contributed by atoms with E-state index < -0.39 is 7.32 Å². The molecule has 0 unspecified atom stereocenters. The van der Waals surface area contributed by atoms with Crippen molar-refractivity contribution in [2.24, 2.45) is 0 Å². The maximum absolute atomic E-state index is 8.65. The first kappa shape index (κ1) is 13.6. The topological polar surface area (TPSA) is 58.9 Å². The molecule has 0 aliphatic rings. The van der Waals surface area contributed by atoms with Gasteiger partial charge in [0.1, 0.15) is 5.75 Å². The molecule has 0 heterocycles. The normalized spacial score (nSPS) is 10.2. The Morgan fingerprint density at radius 1 is 0.789 bits per heavy atom. The molecule has 0 aliphatic heterocycles. The van der Waals surface area contributed by atoms with E-state index >= 15 is 0 Å². The van der Waals surface area contributed by atoms with Gasteiger partial charge in [0.05, 0.1) is 13.2 Å². The average Bonchev–Trinajstić information content (AvgIpc) is 2.41. The predicted molar refractivity (Wildman–Crippen MR) is 72.2 cm³/mol. The molecule has 0 saturated carbocycles. The number of hydrogen-bond acceptors (Lipinski definition) is 4. The summed E-state index contributed by atoms with van der Waals surface area (Å²) in [6.45, 7) is 1.06. The van der Waals surface area contributed by atoms with Crippen molar-refractivity contribution in [1.82, 2.24) is 0 Å². The first-order chi connectivity index (χ1) is 9.24. The van der Waals surface area contributed by atoms with E-state index in [0.717, 1.165) is 11.1 Å². The Morgan fingerprint density at radius 3 is 1.95 bits per heavy atom. The maximum atomic E-state index is 8.65. The molecule has 19 heavy (non-hydrogen) atoms. The summed E-state index contributed by atoms with van der Waals surface area (Å²) < 4.78 is 10.3. The van der Waals surface area contributed by atoms with Crippen LogP contribution in [0.25, 0.3) is 0 Å². The maximum Gasteiger partial charge on any atom is 0.707 e. The second-order valence-corrected chi connectivity index (χ2v) is 4.07. The molecule has 4 nitrogen and oxygen atoms in total. The van der Waals surface area contributed by atoms with Crippen LogP contribution in [0.15, 0.2) is 54.6 Å². The highest BCUT2D eigenvalue weighted by atomic mass is 16.6. The quantitative estimate of drug-likeness (QED) is 0.775. The van der Waals surface area contributed by atoms with Crippen LogP contribution < -0.4 is 4.65 Å². The molecule has 2 aromatic carbocycles. The van der Waals surface area contributed by atoms with E-state index in [1.165, 1.54) is 0 Å². The molecule has 0 saturated heterocycles. The summed E-state index contributed by atoms with van der Waals surface area (Å²) in [7, 11) is -1.79. The van der Waals surface area contributed by atoms with E-state index in [-0.39, 0.29) is 0 Å². The fourth-order valence-corrected chi connectivity index (χ4v) is 1.65. The van der Waals surface area contributed by atoms with Crippen molar-refractivity contribution in [2.45, 2.75) is 13.2 Å². The summed E-state index contributed by atoms with van der Waals surface area (Å²) in [5.74, 6) is 0.404. The van der Waals surface area contributed by atoms with Gasteiger partial charge in [-0.1, -0.05) is 42.5 Å².